The monoisotopic (exact) mass is 508 g/mol. The maximum atomic E-state index is 13.7. The van der Waals surface area contributed by atoms with Crippen LogP contribution in [0.5, 0.6) is 0 Å². The van der Waals surface area contributed by atoms with Crippen molar-refractivity contribution in [3.8, 4) is 0 Å². The van der Waals surface area contributed by atoms with Crippen LogP contribution >= 0.6 is 0 Å². The minimum absolute atomic E-state index is 0.127. The minimum atomic E-state index is -1.02. The van der Waals surface area contributed by atoms with Gasteiger partial charge in [-0.1, -0.05) is 55.5 Å². The van der Waals surface area contributed by atoms with Crippen LogP contribution in [-0.2, 0) is 35.0 Å². The topological polar surface area (TPSA) is 102 Å². The van der Waals surface area contributed by atoms with Gasteiger partial charge in [-0.25, -0.2) is 14.8 Å². The molecule has 2 aliphatic heterocycles. The molecule has 0 bridgehead atoms. The average Bonchev–Trinajstić information content (AvgIpc) is 2.92. The Kier molecular flexibility index (Phi) is 7.52. The van der Waals surface area contributed by atoms with Crippen molar-refractivity contribution in [2.75, 3.05) is 18.3 Å². The molecular formula is C28H32N2O7. The van der Waals surface area contributed by atoms with E-state index in [0.29, 0.717) is 18.5 Å². The summed E-state index contributed by atoms with van der Waals surface area (Å²) in [6.45, 7) is 6.49. The maximum absolute atomic E-state index is 13.7. The summed E-state index contributed by atoms with van der Waals surface area (Å²) in [5, 5.41) is 2.42. The van der Waals surface area contributed by atoms with Gasteiger partial charge in [-0.15, -0.1) is 0 Å². The zero-order valence-electron chi connectivity index (χ0n) is 21.5. The van der Waals surface area contributed by atoms with Crippen LogP contribution in [0.2, 0.25) is 0 Å². The predicted octanol–water partition coefficient (Wildman–Crippen LogP) is 4.21. The molecule has 0 spiro atoms. The van der Waals surface area contributed by atoms with Crippen molar-refractivity contribution < 1.29 is 33.4 Å². The fourth-order valence-corrected chi connectivity index (χ4v) is 4.49. The molecular weight excluding hydrogens is 476 g/mol. The van der Waals surface area contributed by atoms with Crippen molar-refractivity contribution in [2.24, 2.45) is 11.3 Å². The first kappa shape index (κ1) is 26.2. The van der Waals surface area contributed by atoms with Crippen LogP contribution in [-0.4, -0.2) is 48.4 Å². The van der Waals surface area contributed by atoms with Crippen molar-refractivity contribution >= 4 is 29.6 Å². The quantitative estimate of drug-likeness (QED) is 0.314. The number of anilines is 1. The summed E-state index contributed by atoms with van der Waals surface area (Å²) in [6.07, 6.45) is -0.309. The van der Waals surface area contributed by atoms with Crippen molar-refractivity contribution in [3.63, 3.8) is 0 Å². The van der Waals surface area contributed by atoms with Crippen LogP contribution in [0.4, 0.5) is 10.5 Å². The van der Waals surface area contributed by atoms with Gasteiger partial charge in [0.05, 0.1) is 11.1 Å². The highest BCUT2D eigenvalue weighted by atomic mass is 16.7. The molecule has 0 N–H and O–H groups in total. The summed E-state index contributed by atoms with van der Waals surface area (Å²) in [5.74, 6) is -2.97. The molecule has 2 amide bonds. The van der Waals surface area contributed by atoms with Crippen LogP contribution in [0, 0.1) is 11.3 Å². The Hall–Kier alpha value is -3.88. The Morgan fingerprint density at radius 1 is 1.00 bits per heavy atom. The Morgan fingerprint density at radius 2 is 1.68 bits per heavy atom. The second kappa shape index (κ2) is 10.6. The van der Waals surface area contributed by atoms with Gasteiger partial charge in [0, 0.05) is 12.5 Å². The van der Waals surface area contributed by atoms with Crippen molar-refractivity contribution in [3.05, 3.63) is 65.7 Å². The number of carbonyl (C=O) groups excluding carboxylic acids is 4. The number of fused-ring (bicyclic) bond motifs is 2. The van der Waals surface area contributed by atoms with Gasteiger partial charge >= 0.3 is 18.0 Å². The number of benzene rings is 2. The third-order valence-corrected chi connectivity index (χ3v) is 6.57. The van der Waals surface area contributed by atoms with E-state index < -0.39 is 48.2 Å². The molecule has 1 fully saturated rings. The van der Waals surface area contributed by atoms with Gasteiger partial charge in [-0.05, 0) is 50.8 Å². The standard InChI is InChI=1S/C28H32N2O7/c1-18-20-14-8-9-15-21(20)30(24(31)22-23(18)37-25(22)32)29(16-10-13-19-11-6-5-7-12-19)27(34)36-17-35-26(33)28(2,3)4/h5-9,11-12,14-15,18,22-23H,10,13,16-17H2,1-4H3/t18?,22-,23?/m0/s1. The van der Waals surface area contributed by atoms with Crippen molar-refractivity contribution in [1.29, 1.82) is 0 Å². The molecule has 0 aromatic heterocycles. The zero-order valence-corrected chi connectivity index (χ0v) is 21.5. The van der Waals surface area contributed by atoms with Crippen molar-refractivity contribution in [1.82, 2.24) is 5.01 Å². The summed E-state index contributed by atoms with van der Waals surface area (Å²) >= 11 is 0. The second-order valence-electron chi connectivity index (χ2n) is 10.3. The van der Waals surface area contributed by atoms with E-state index in [1.165, 1.54) is 10.0 Å². The molecule has 37 heavy (non-hydrogen) atoms. The third kappa shape index (κ3) is 5.45. The largest absolute Gasteiger partial charge is 0.460 e. The lowest BCUT2D eigenvalue weighted by atomic mass is 9.84. The number of amides is 2. The number of aryl methyl sites for hydroxylation is 1. The van der Waals surface area contributed by atoms with Crippen LogP contribution in [0.3, 0.4) is 0 Å². The van der Waals surface area contributed by atoms with Gasteiger partial charge in [0.25, 0.3) is 5.91 Å². The lowest BCUT2D eigenvalue weighted by molar-refractivity contribution is -0.188. The maximum Gasteiger partial charge on any atom is 0.432 e. The highest BCUT2D eigenvalue weighted by Crippen LogP contribution is 2.44. The van der Waals surface area contributed by atoms with Gasteiger partial charge in [0.1, 0.15) is 6.10 Å². The Bertz CT molecular complexity index is 1170. The van der Waals surface area contributed by atoms with Gasteiger partial charge in [-0.2, -0.15) is 0 Å². The Morgan fingerprint density at radius 3 is 2.35 bits per heavy atom. The van der Waals surface area contributed by atoms with Crippen molar-refractivity contribution in [2.45, 2.75) is 52.6 Å². The third-order valence-electron chi connectivity index (χ3n) is 6.57. The second-order valence-corrected chi connectivity index (χ2v) is 10.3. The molecule has 2 heterocycles. The molecule has 2 aromatic rings. The Balaban J connectivity index is 1.61. The molecule has 3 atom stereocenters. The lowest BCUT2D eigenvalue weighted by Crippen LogP contribution is -2.59. The van der Waals surface area contributed by atoms with E-state index in [2.05, 4.69) is 0 Å². The fraction of sp³-hybridized carbons (Fsp3) is 0.429. The van der Waals surface area contributed by atoms with E-state index in [9.17, 15) is 19.2 Å². The van der Waals surface area contributed by atoms with Gasteiger partial charge in [-0.3, -0.25) is 14.4 Å². The molecule has 2 unspecified atom stereocenters. The fourth-order valence-electron chi connectivity index (χ4n) is 4.49. The van der Waals surface area contributed by atoms with Gasteiger partial charge in [0.2, 0.25) is 6.79 Å². The zero-order chi connectivity index (χ0) is 26.7. The number of esters is 2. The first-order valence-corrected chi connectivity index (χ1v) is 12.4. The lowest BCUT2D eigenvalue weighted by Gasteiger charge is -2.38. The molecule has 4 rings (SSSR count). The summed E-state index contributed by atoms with van der Waals surface area (Å²) in [4.78, 5) is 51.5. The van der Waals surface area contributed by atoms with E-state index in [-0.39, 0.29) is 12.5 Å². The summed E-state index contributed by atoms with van der Waals surface area (Å²) in [5.41, 5.74) is 1.57. The molecule has 196 valence electrons. The smallest absolute Gasteiger partial charge is 0.432 e. The van der Waals surface area contributed by atoms with Gasteiger partial charge < -0.3 is 14.2 Å². The molecule has 2 aliphatic rings. The number of ether oxygens (including phenoxy) is 3. The number of para-hydroxylation sites is 1. The number of hydrazine groups is 1. The molecule has 0 radical (unpaired) electrons. The van der Waals surface area contributed by atoms with E-state index in [0.717, 1.165) is 11.1 Å². The Labute approximate surface area is 216 Å². The van der Waals surface area contributed by atoms with Crippen LogP contribution < -0.4 is 5.01 Å². The summed E-state index contributed by atoms with van der Waals surface area (Å²) in [6, 6.07) is 16.9. The number of hydrogen-bond donors (Lipinski definition) is 0. The number of hydrogen-bond acceptors (Lipinski definition) is 7. The molecule has 0 aliphatic carbocycles. The first-order valence-electron chi connectivity index (χ1n) is 12.4. The highest BCUT2D eigenvalue weighted by Gasteiger charge is 2.56. The van der Waals surface area contributed by atoms with E-state index >= 15 is 0 Å². The summed E-state index contributed by atoms with van der Waals surface area (Å²) in [7, 11) is 0. The normalized spacial score (nSPS) is 20.5. The average molecular weight is 509 g/mol. The molecule has 0 saturated carbocycles. The van der Waals surface area contributed by atoms with E-state index in [1.807, 2.05) is 49.4 Å². The molecule has 2 aromatic carbocycles. The molecule has 9 heteroatoms. The van der Waals surface area contributed by atoms with E-state index in [4.69, 9.17) is 14.2 Å². The number of rotatable bonds is 7. The van der Waals surface area contributed by atoms with Crippen LogP contribution in [0.15, 0.2) is 54.6 Å². The highest BCUT2D eigenvalue weighted by molar-refractivity contribution is 6.11. The number of nitrogens with zero attached hydrogens (tertiary/aromatic N) is 2. The molecule has 1 saturated heterocycles. The number of carbonyl (C=O) groups is 4. The van der Waals surface area contributed by atoms with Crippen LogP contribution in [0.25, 0.3) is 0 Å². The predicted molar refractivity (Wildman–Crippen MR) is 134 cm³/mol. The van der Waals surface area contributed by atoms with E-state index in [1.54, 1.807) is 32.9 Å². The summed E-state index contributed by atoms with van der Waals surface area (Å²) < 4.78 is 15.7. The minimum Gasteiger partial charge on any atom is -0.460 e. The molecule has 9 nitrogen and oxygen atoms in total. The van der Waals surface area contributed by atoms with Crippen LogP contribution in [0.1, 0.15) is 51.2 Å². The first-order chi connectivity index (χ1) is 17.6. The van der Waals surface area contributed by atoms with Gasteiger partial charge in [0.15, 0.2) is 5.92 Å². The SMILES string of the molecule is CC1c2ccccc2N(N(CCCc2ccccc2)C(=O)OCOC(=O)C(C)(C)C)C(=O)[C@H]2C(=O)OC12.